The van der Waals surface area contributed by atoms with Crippen molar-refractivity contribution >= 4 is 0 Å². The van der Waals surface area contributed by atoms with Gasteiger partial charge in [0.05, 0.1) is 11.4 Å². The van der Waals surface area contributed by atoms with E-state index in [9.17, 15) is 0 Å². The van der Waals surface area contributed by atoms with Gasteiger partial charge in [0.15, 0.2) is 0 Å². The number of hydrogen-bond acceptors (Lipinski definition) is 3. The number of nitrogens with zero attached hydrogens (tertiary/aromatic N) is 3. The highest BCUT2D eigenvalue weighted by Gasteiger charge is 2.24. The molecule has 3 rings (SSSR count). The molecule has 0 saturated heterocycles. The van der Waals surface area contributed by atoms with Gasteiger partial charge in [-0.2, -0.15) is 0 Å². The van der Waals surface area contributed by atoms with E-state index in [2.05, 4.69) is 20.9 Å². The zero-order chi connectivity index (χ0) is 14.5. The fourth-order valence-electron chi connectivity index (χ4n) is 3.06. The number of rotatable bonds is 7. The fourth-order valence-corrected chi connectivity index (χ4v) is 3.06. The van der Waals surface area contributed by atoms with Gasteiger partial charge in [0, 0.05) is 32.0 Å². The first-order valence-corrected chi connectivity index (χ1v) is 8.47. The largest absolute Gasteiger partial charge is 0.297 e. The molecule has 1 fully saturated rings. The lowest BCUT2D eigenvalue weighted by molar-refractivity contribution is 0.253. The Morgan fingerprint density at radius 3 is 2.76 bits per heavy atom. The molecule has 0 N–H and O–H groups in total. The van der Waals surface area contributed by atoms with Crippen molar-refractivity contribution in [2.24, 2.45) is 5.92 Å². The molecule has 0 bridgehead atoms. The average molecular weight is 285 g/mol. The summed E-state index contributed by atoms with van der Waals surface area (Å²) in [6.45, 7) is 5.37. The standard InChI is InChI=1S/C18H27N3/c1-15-11-20-18(12-19-15)14-21(13-17-7-8-17)10-9-16-5-3-2-4-6-16/h5,11-12,17H,2-4,6-10,13-14H2,1H3. The SMILES string of the molecule is Cc1cnc(CN(CCC2=CCCCC2)CC2CC2)cn1. The molecule has 1 aromatic heterocycles. The van der Waals surface area contributed by atoms with Crippen molar-refractivity contribution in [1.29, 1.82) is 0 Å². The minimum atomic E-state index is 0.934. The Bertz CT molecular complexity index is 474. The van der Waals surface area contributed by atoms with Crippen LogP contribution >= 0.6 is 0 Å². The summed E-state index contributed by atoms with van der Waals surface area (Å²) in [4.78, 5) is 11.5. The van der Waals surface area contributed by atoms with Crippen LogP contribution in [0.25, 0.3) is 0 Å². The van der Waals surface area contributed by atoms with E-state index in [1.54, 1.807) is 5.57 Å². The summed E-state index contributed by atoms with van der Waals surface area (Å²) in [7, 11) is 0. The minimum absolute atomic E-state index is 0.934. The molecule has 0 aliphatic heterocycles. The van der Waals surface area contributed by atoms with Gasteiger partial charge in [0.1, 0.15) is 0 Å². The molecule has 21 heavy (non-hydrogen) atoms. The van der Waals surface area contributed by atoms with Crippen LogP contribution in [0.3, 0.4) is 0 Å². The van der Waals surface area contributed by atoms with Crippen molar-refractivity contribution in [2.45, 2.75) is 58.4 Å². The van der Waals surface area contributed by atoms with Gasteiger partial charge in [-0.15, -0.1) is 0 Å². The third-order valence-corrected chi connectivity index (χ3v) is 4.57. The number of allylic oxidation sites excluding steroid dienone is 1. The maximum Gasteiger partial charge on any atom is 0.0727 e. The summed E-state index contributed by atoms with van der Waals surface area (Å²) in [6.07, 6.45) is 15.8. The van der Waals surface area contributed by atoms with Gasteiger partial charge < -0.3 is 0 Å². The molecule has 0 aromatic carbocycles. The van der Waals surface area contributed by atoms with E-state index in [0.717, 1.165) is 23.9 Å². The molecule has 0 atom stereocenters. The maximum absolute atomic E-state index is 4.52. The second-order valence-corrected chi connectivity index (χ2v) is 6.69. The Hall–Kier alpha value is -1.22. The normalized spacial score (nSPS) is 18.9. The quantitative estimate of drug-likeness (QED) is 0.712. The topological polar surface area (TPSA) is 29.0 Å². The number of aryl methyl sites for hydroxylation is 1. The predicted molar refractivity (Wildman–Crippen MR) is 85.9 cm³/mol. The molecule has 1 aromatic rings. The van der Waals surface area contributed by atoms with Gasteiger partial charge >= 0.3 is 0 Å². The van der Waals surface area contributed by atoms with E-state index in [0.29, 0.717) is 0 Å². The van der Waals surface area contributed by atoms with E-state index in [1.165, 1.54) is 58.0 Å². The van der Waals surface area contributed by atoms with Gasteiger partial charge in [-0.3, -0.25) is 14.9 Å². The smallest absolute Gasteiger partial charge is 0.0727 e. The molecular weight excluding hydrogens is 258 g/mol. The van der Waals surface area contributed by atoms with Gasteiger partial charge in [0.2, 0.25) is 0 Å². The summed E-state index contributed by atoms with van der Waals surface area (Å²) >= 11 is 0. The summed E-state index contributed by atoms with van der Waals surface area (Å²) in [5.74, 6) is 0.934. The van der Waals surface area contributed by atoms with Crippen molar-refractivity contribution in [3.63, 3.8) is 0 Å². The molecule has 0 spiro atoms. The first-order chi connectivity index (χ1) is 10.3. The van der Waals surface area contributed by atoms with Crippen LogP contribution in [0.5, 0.6) is 0 Å². The summed E-state index contributed by atoms with van der Waals surface area (Å²) in [6, 6.07) is 0. The van der Waals surface area contributed by atoms with Crippen molar-refractivity contribution in [2.75, 3.05) is 13.1 Å². The van der Waals surface area contributed by atoms with Gasteiger partial charge in [0.25, 0.3) is 0 Å². The van der Waals surface area contributed by atoms with E-state index in [4.69, 9.17) is 0 Å². The third-order valence-electron chi connectivity index (χ3n) is 4.57. The van der Waals surface area contributed by atoms with Gasteiger partial charge in [-0.05, 0) is 57.8 Å². The van der Waals surface area contributed by atoms with Crippen LogP contribution < -0.4 is 0 Å². The van der Waals surface area contributed by atoms with Crippen LogP contribution in [-0.2, 0) is 6.54 Å². The zero-order valence-electron chi connectivity index (χ0n) is 13.2. The van der Waals surface area contributed by atoms with E-state index in [-0.39, 0.29) is 0 Å². The molecule has 0 unspecified atom stereocenters. The minimum Gasteiger partial charge on any atom is -0.297 e. The molecular formula is C18H27N3. The summed E-state index contributed by atoms with van der Waals surface area (Å²) in [5, 5.41) is 0. The van der Waals surface area contributed by atoms with E-state index >= 15 is 0 Å². The molecule has 2 aliphatic carbocycles. The Kier molecular flexibility index (Phi) is 5.02. The van der Waals surface area contributed by atoms with Crippen LogP contribution in [0.4, 0.5) is 0 Å². The highest BCUT2D eigenvalue weighted by atomic mass is 15.1. The van der Waals surface area contributed by atoms with Crippen LogP contribution in [0.15, 0.2) is 24.0 Å². The Labute approximate surface area is 128 Å². The van der Waals surface area contributed by atoms with Crippen LogP contribution in [-0.4, -0.2) is 28.0 Å². The Balaban J connectivity index is 1.54. The molecule has 2 aliphatic rings. The second-order valence-electron chi connectivity index (χ2n) is 6.69. The van der Waals surface area contributed by atoms with Crippen LogP contribution in [0, 0.1) is 12.8 Å². The highest BCUT2D eigenvalue weighted by molar-refractivity contribution is 5.06. The zero-order valence-corrected chi connectivity index (χ0v) is 13.2. The summed E-state index contributed by atoms with van der Waals surface area (Å²) in [5.41, 5.74) is 3.79. The van der Waals surface area contributed by atoms with Crippen molar-refractivity contribution in [3.8, 4) is 0 Å². The first kappa shape index (κ1) is 14.7. The maximum atomic E-state index is 4.52. The predicted octanol–water partition coefficient (Wildman–Crippen LogP) is 3.89. The monoisotopic (exact) mass is 285 g/mol. The van der Waals surface area contributed by atoms with Crippen molar-refractivity contribution in [1.82, 2.24) is 14.9 Å². The average Bonchev–Trinajstić information content (AvgIpc) is 3.32. The lowest BCUT2D eigenvalue weighted by Crippen LogP contribution is -2.27. The molecule has 3 heteroatoms. The molecule has 3 nitrogen and oxygen atoms in total. The van der Waals surface area contributed by atoms with Crippen LogP contribution in [0.1, 0.15) is 56.3 Å². The Morgan fingerprint density at radius 2 is 2.10 bits per heavy atom. The fraction of sp³-hybridized carbons (Fsp3) is 0.667. The van der Waals surface area contributed by atoms with E-state index < -0.39 is 0 Å². The van der Waals surface area contributed by atoms with Gasteiger partial charge in [-0.1, -0.05) is 11.6 Å². The lowest BCUT2D eigenvalue weighted by atomic mass is 9.97. The van der Waals surface area contributed by atoms with Crippen molar-refractivity contribution < 1.29 is 0 Å². The molecule has 0 radical (unpaired) electrons. The number of hydrogen-bond donors (Lipinski definition) is 0. The van der Waals surface area contributed by atoms with Crippen LogP contribution in [0.2, 0.25) is 0 Å². The second kappa shape index (κ2) is 7.17. The molecule has 1 saturated carbocycles. The molecule has 114 valence electrons. The lowest BCUT2D eigenvalue weighted by Gasteiger charge is -2.23. The Morgan fingerprint density at radius 1 is 1.19 bits per heavy atom. The molecule has 1 heterocycles. The number of aromatic nitrogens is 2. The first-order valence-electron chi connectivity index (χ1n) is 8.47. The highest BCUT2D eigenvalue weighted by Crippen LogP contribution is 2.30. The van der Waals surface area contributed by atoms with E-state index in [1.807, 2.05) is 19.3 Å². The molecule has 0 amide bonds. The van der Waals surface area contributed by atoms with Gasteiger partial charge in [-0.25, -0.2) is 0 Å². The third kappa shape index (κ3) is 4.92. The van der Waals surface area contributed by atoms with Crippen molar-refractivity contribution in [3.05, 3.63) is 35.4 Å². The summed E-state index contributed by atoms with van der Waals surface area (Å²) < 4.78 is 0.